The maximum atomic E-state index is 14.0. The van der Waals surface area contributed by atoms with E-state index in [-0.39, 0.29) is 5.82 Å². The van der Waals surface area contributed by atoms with E-state index >= 15 is 0 Å². The van der Waals surface area contributed by atoms with Crippen LogP contribution in [0.2, 0.25) is 0 Å². The molecule has 0 atom stereocenters. The summed E-state index contributed by atoms with van der Waals surface area (Å²) in [6.07, 6.45) is 0. The molecule has 0 bridgehead atoms. The van der Waals surface area contributed by atoms with Crippen LogP contribution in [0.3, 0.4) is 0 Å². The minimum atomic E-state index is -0.275. The predicted octanol–water partition coefficient (Wildman–Crippen LogP) is 4.24. The molecule has 0 aliphatic carbocycles. The third-order valence-electron chi connectivity index (χ3n) is 3.33. The van der Waals surface area contributed by atoms with Crippen LogP contribution in [0.5, 0.6) is 0 Å². The van der Waals surface area contributed by atoms with Gasteiger partial charge in [-0.1, -0.05) is 28.1 Å². The van der Waals surface area contributed by atoms with E-state index in [4.69, 9.17) is 0 Å². The first-order valence-corrected chi connectivity index (χ1v) is 6.97. The van der Waals surface area contributed by atoms with Crippen molar-refractivity contribution in [3.8, 4) is 0 Å². The number of nitrogens with zero attached hydrogens (tertiary/aromatic N) is 3. The summed E-state index contributed by atoms with van der Waals surface area (Å²) >= 11 is 3.37. The Morgan fingerprint density at radius 1 is 1.20 bits per heavy atom. The molecule has 0 aliphatic rings. The van der Waals surface area contributed by atoms with Crippen LogP contribution in [0.15, 0.2) is 46.9 Å². The molecule has 0 saturated heterocycles. The lowest BCUT2D eigenvalue weighted by Crippen LogP contribution is -2.15. The summed E-state index contributed by atoms with van der Waals surface area (Å²) in [6.45, 7) is 0. The summed E-state index contributed by atoms with van der Waals surface area (Å²) in [6, 6.07) is 12.7. The van der Waals surface area contributed by atoms with Crippen molar-refractivity contribution in [3.05, 3.63) is 52.8 Å². The average Bonchev–Trinajstić information content (AvgIpc) is 2.79. The highest BCUT2D eigenvalue weighted by Gasteiger charge is 2.16. The summed E-state index contributed by atoms with van der Waals surface area (Å²) in [5.74, 6) is 0.422. The van der Waals surface area contributed by atoms with Crippen molar-refractivity contribution in [1.82, 2.24) is 9.55 Å². The Kier molecular flexibility index (Phi) is 3.22. The average molecular weight is 334 g/mol. The second-order valence-electron chi connectivity index (χ2n) is 4.61. The van der Waals surface area contributed by atoms with Crippen molar-refractivity contribution < 1.29 is 4.39 Å². The van der Waals surface area contributed by atoms with Crippen LogP contribution in [0.25, 0.3) is 11.0 Å². The molecule has 1 aromatic heterocycles. The molecular weight excluding hydrogens is 321 g/mol. The largest absolute Gasteiger partial charge is 0.313 e. The Hall–Kier alpha value is -1.88. The SMILES string of the molecule is CN(c1cc(Br)ccc1F)c1nc2ccccc2n1C. The van der Waals surface area contributed by atoms with E-state index in [1.165, 1.54) is 6.07 Å². The molecule has 2 aromatic carbocycles. The van der Waals surface area contributed by atoms with Crippen molar-refractivity contribution in [3.63, 3.8) is 0 Å². The van der Waals surface area contributed by atoms with Crippen LogP contribution in [0, 0.1) is 5.82 Å². The number of hydrogen-bond donors (Lipinski definition) is 0. The zero-order valence-electron chi connectivity index (χ0n) is 11.1. The summed E-state index contributed by atoms with van der Waals surface area (Å²) < 4.78 is 16.8. The molecule has 0 radical (unpaired) electrons. The zero-order chi connectivity index (χ0) is 14.3. The minimum Gasteiger partial charge on any atom is -0.313 e. The van der Waals surface area contributed by atoms with Crippen molar-refractivity contribution in [2.75, 3.05) is 11.9 Å². The summed E-state index contributed by atoms with van der Waals surface area (Å²) in [4.78, 5) is 6.32. The van der Waals surface area contributed by atoms with Gasteiger partial charge in [0.1, 0.15) is 5.82 Å². The molecule has 0 N–H and O–H groups in total. The minimum absolute atomic E-state index is 0.275. The number of anilines is 2. The molecule has 5 heteroatoms. The quantitative estimate of drug-likeness (QED) is 0.699. The molecule has 0 spiro atoms. The smallest absolute Gasteiger partial charge is 0.210 e. The van der Waals surface area contributed by atoms with Crippen molar-refractivity contribution >= 4 is 38.6 Å². The number of rotatable bonds is 2. The molecule has 0 unspecified atom stereocenters. The molecule has 0 amide bonds. The third-order valence-corrected chi connectivity index (χ3v) is 3.83. The van der Waals surface area contributed by atoms with Crippen LogP contribution in [0.4, 0.5) is 16.0 Å². The number of aromatic nitrogens is 2. The van der Waals surface area contributed by atoms with Gasteiger partial charge in [-0.2, -0.15) is 0 Å². The van der Waals surface area contributed by atoms with Crippen LogP contribution in [0.1, 0.15) is 0 Å². The Bertz CT molecular complexity index is 782. The zero-order valence-corrected chi connectivity index (χ0v) is 12.7. The normalized spacial score (nSPS) is 11.0. The molecule has 0 saturated carbocycles. The molecule has 102 valence electrons. The number of para-hydroxylation sites is 2. The predicted molar refractivity (Wildman–Crippen MR) is 82.9 cm³/mol. The lowest BCUT2D eigenvalue weighted by Gasteiger charge is -2.19. The van der Waals surface area contributed by atoms with E-state index in [1.807, 2.05) is 42.9 Å². The topological polar surface area (TPSA) is 21.1 Å². The fraction of sp³-hybridized carbons (Fsp3) is 0.133. The number of fused-ring (bicyclic) bond motifs is 1. The van der Waals surface area contributed by atoms with Gasteiger partial charge in [0, 0.05) is 18.6 Å². The fourth-order valence-electron chi connectivity index (χ4n) is 2.28. The highest BCUT2D eigenvalue weighted by molar-refractivity contribution is 9.10. The molecule has 1 heterocycles. The standard InChI is InChI=1S/C15H13BrFN3/c1-19-13-6-4-3-5-12(13)18-15(19)20(2)14-9-10(16)7-8-11(14)17/h3-9H,1-2H3. The van der Waals surface area contributed by atoms with Crippen LogP contribution >= 0.6 is 15.9 Å². The number of hydrogen-bond acceptors (Lipinski definition) is 2. The maximum absolute atomic E-state index is 14.0. The van der Waals surface area contributed by atoms with Gasteiger partial charge in [-0.3, -0.25) is 0 Å². The Morgan fingerprint density at radius 3 is 2.70 bits per heavy atom. The van der Waals surface area contributed by atoms with Gasteiger partial charge in [-0.05, 0) is 30.3 Å². The molecule has 3 aromatic rings. The first kappa shape index (κ1) is 13.1. The second-order valence-corrected chi connectivity index (χ2v) is 5.53. The lowest BCUT2D eigenvalue weighted by molar-refractivity contribution is 0.626. The van der Waals surface area contributed by atoms with Crippen molar-refractivity contribution in [2.24, 2.45) is 7.05 Å². The van der Waals surface area contributed by atoms with Gasteiger partial charge >= 0.3 is 0 Å². The van der Waals surface area contributed by atoms with Gasteiger partial charge in [-0.15, -0.1) is 0 Å². The van der Waals surface area contributed by atoms with E-state index in [2.05, 4.69) is 20.9 Å². The lowest BCUT2D eigenvalue weighted by atomic mass is 10.3. The first-order valence-electron chi connectivity index (χ1n) is 6.18. The molecule has 20 heavy (non-hydrogen) atoms. The maximum Gasteiger partial charge on any atom is 0.210 e. The molecule has 0 fully saturated rings. The summed E-state index contributed by atoms with van der Waals surface area (Å²) in [5.41, 5.74) is 2.40. The highest BCUT2D eigenvalue weighted by Crippen LogP contribution is 2.30. The van der Waals surface area contributed by atoms with Crippen molar-refractivity contribution in [2.45, 2.75) is 0 Å². The van der Waals surface area contributed by atoms with Gasteiger partial charge in [-0.25, -0.2) is 9.37 Å². The third kappa shape index (κ3) is 2.08. The number of aryl methyl sites for hydroxylation is 1. The fourth-order valence-corrected chi connectivity index (χ4v) is 2.63. The molecule has 3 nitrogen and oxygen atoms in total. The molecular formula is C15H13BrFN3. The van der Waals surface area contributed by atoms with Gasteiger partial charge in [0.25, 0.3) is 0 Å². The Morgan fingerprint density at radius 2 is 1.95 bits per heavy atom. The van der Waals surface area contributed by atoms with Gasteiger partial charge in [0.05, 0.1) is 16.7 Å². The number of benzene rings is 2. The first-order chi connectivity index (χ1) is 9.58. The van der Waals surface area contributed by atoms with E-state index in [0.29, 0.717) is 11.6 Å². The number of halogens is 2. The summed E-state index contributed by atoms with van der Waals surface area (Å²) in [5, 5.41) is 0. The van der Waals surface area contributed by atoms with Crippen LogP contribution in [-0.4, -0.2) is 16.6 Å². The Labute approximate surface area is 124 Å². The van der Waals surface area contributed by atoms with Gasteiger partial charge in [0.2, 0.25) is 5.95 Å². The number of imidazole rings is 1. The second kappa shape index (κ2) is 4.90. The van der Waals surface area contributed by atoms with E-state index in [9.17, 15) is 4.39 Å². The monoisotopic (exact) mass is 333 g/mol. The van der Waals surface area contributed by atoms with E-state index < -0.39 is 0 Å². The highest BCUT2D eigenvalue weighted by atomic mass is 79.9. The van der Waals surface area contributed by atoms with E-state index in [0.717, 1.165) is 15.5 Å². The Balaban J connectivity index is 2.15. The molecule has 0 aliphatic heterocycles. The van der Waals surface area contributed by atoms with Gasteiger partial charge < -0.3 is 9.47 Å². The summed E-state index contributed by atoms with van der Waals surface area (Å²) in [7, 11) is 3.74. The van der Waals surface area contributed by atoms with E-state index in [1.54, 1.807) is 17.0 Å². The van der Waals surface area contributed by atoms with Crippen LogP contribution < -0.4 is 4.90 Å². The van der Waals surface area contributed by atoms with Gasteiger partial charge in [0.15, 0.2) is 0 Å². The molecule has 3 rings (SSSR count). The van der Waals surface area contributed by atoms with Crippen molar-refractivity contribution in [1.29, 1.82) is 0 Å². The van der Waals surface area contributed by atoms with Crippen LogP contribution in [-0.2, 0) is 7.05 Å².